The maximum absolute atomic E-state index is 12.6. The van der Waals surface area contributed by atoms with E-state index in [2.05, 4.69) is 31.0 Å². The average Bonchev–Trinajstić information content (AvgIpc) is 2.68. The SMILES string of the molecule is O=S(=O)(NCCNC/C=C/c1ccc(Br)cc1)c1cccc2cnccc12.[Cl-].[Cl-]. The predicted molar refractivity (Wildman–Crippen MR) is 113 cm³/mol. The molecule has 3 aromatic rings. The van der Waals surface area contributed by atoms with Gasteiger partial charge in [0.05, 0.1) is 4.90 Å². The van der Waals surface area contributed by atoms with Gasteiger partial charge in [0.2, 0.25) is 10.0 Å². The van der Waals surface area contributed by atoms with Gasteiger partial charge in [0.1, 0.15) is 0 Å². The Kier molecular flexibility index (Phi) is 10.8. The van der Waals surface area contributed by atoms with Crippen LogP contribution in [0.4, 0.5) is 0 Å². The zero-order valence-electron chi connectivity index (χ0n) is 15.4. The van der Waals surface area contributed by atoms with Crippen molar-refractivity contribution >= 4 is 42.8 Å². The second-order valence-corrected chi connectivity index (χ2v) is 8.56. The highest BCUT2D eigenvalue weighted by molar-refractivity contribution is 9.10. The van der Waals surface area contributed by atoms with Crippen molar-refractivity contribution in [1.29, 1.82) is 0 Å². The molecule has 0 aliphatic rings. The van der Waals surface area contributed by atoms with E-state index in [0.717, 1.165) is 15.4 Å². The summed E-state index contributed by atoms with van der Waals surface area (Å²) in [7, 11) is -3.57. The lowest BCUT2D eigenvalue weighted by Crippen LogP contribution is -3.00. The molecule has 1 heterocycles. The molecule has 0 saturated carbocycles. The summed E-state index contributed by atoms with van der Waals surface area (Å²) in [5.74, 6) is 0. The summed E-state index contributed by atoms with van der Waals surface area (Å²) in [6, 6.07) is 14.9. The van der Waals surface area contributed by atoms with Crippen LogP contribution < -0.4 is 34.9 Å². The molecule has 2 aromatic carbocycles. The highest BCUT2D eigenvalue weighted by atomic mass is 79.9. The average molecular weight is 517 g/mol. The first kappa shape index (κ1) is 25.6. The molecule has 156 valence electrons. The van der Waals surface area contributed by atoms with Crippen LogP contribution in [0.15, 0.2) is 76.4 Å². The molecule has 0 atom stereocenters. The van der Waals surface area contributed by atoms with Crippen molar-refractivity contribution in [2.75, 3.05) is 19.6 Å². The number of halogens is 3. The molecule has 0 radical (unpaired) electrons. The van der Waals surface area contributed by atoms with E-state index in [1.54, 1.807) is 30.6 Å². The van der Waals surface area contributed by atoms with Gasteiger partial charge in [-0.2, -0.15) is 0 Å². The molecule has 0 spiro atoms. The molecule has 29 heavy (non-hydrogen) atoms. The Balaban J connectivity index is 0.00000210. The molecule has 5 nitrogen and oxygen atoms in total. The van der Waals surface area contributed by atoms with Gasteiger partial charge in [-0.15, -0.1) is 0 Å². The number of fused-ring (bicyclic) bond motifs is 1. The number of aromatic nitrogens is 1. The van der Waals surface area contributed by atoms with E-state index in [-0.39, 0.29) is 29.7 Å². The minimum Gasteiger partial charge on any atom is -1.00 e. The van der Waals surface area contributed by atoms with Crippen LogP contribution in [0.25, 0.3) is 16.8 Å². The molecule has 3 rings (SSSR count). The molecule has 2 N–H and O–H groups in total. The molecule has 0 aliphatic carbocycles. The van der Waals surface area contributed by atoms with Gasteiger partial charge >= 0.3 is 0 Å². The molecular formula is C20H20BrCl2N3O2S-2. The van der Waals surface area contributed by atoms with Crippen molar-refractivity contribution < 1.29 is 33.2 Å². The van der Waals surface area contributed by atoms with Crippen molar-refractivity contribution in [2.45, 2.75) is 4.90 Å². The van der Waals surface area contributed by atoms with E-state index in [1.807, 2.05) is 42.5 Å². The van der Waals surface area contributed by atoms with Crippen molar-refractivity contribution in [2.24, 2.45) is 0 Å². The number of pyridine rings is 1. The lowest BCUT2D eigenvalue weighted by Gasteiger charge is -2.09. The molecule has 1 aromatic heterocycles. The highest BCUT2D eigenvalue weighted by Crippen LogP contribution is 2.21. The summed E-state index contributed by atoms with van der Waals surface area (Å²) >= 11 is 3.41. The molecule has 0 aliphatic heterocycles. The van der Waals surface area contributed by atoms with Crippen LogP contribution in [-0.2, 0) is 10.0 Å². The molecule has 0 fully saturated rings. The van der Waals surface area contributed by atoms with Gasteiger partial charge in [-0.1, -0.05) is 52.3 Å². The fourth-order valence-electron chi connectivity index (χ4n) is 2.63. The fraction of sp³-hybridized carbons (Fsp3) is 0.150. The van der Waals surface area contributed by atoms with Gasteiger partial charge in [-0.3, -0.25) is 4.98 Å². The standard InChI is InChI=1S/C20H20BrN3O2S.2ClH/c21-18-8-6-16(7-9-18)3-2-11-22-13-14-24-27(25,26)20-5-1-4-17-15-23-12-10-19(17)20;;/h1-10,12,15,22,24H,11,13-14H2;2*1H/p-2/b3-2+;;. The van der Waals surface area contributed by atoms with Gasteiger partial charge in [0.25, 0.3) is 0 Å². The number of nitrogens with one attached hydrogen (secondary N) is 2. The third-order valence-corrected chi connectivity index (χ3v) is 6.01. The molecule has 0 bridgehead atoms. The summed E-state index contributed by atoms with van der Waals surface area (Å²) in [5.41, 5.74) is 1.12. The second kappa shape index (κ2) is 12.3. The smallest absolute Gasteiger partial charge is 0.241 e. The van der Waals surface area contributed by atoms with Gasteiger partial charge in [-0.25, -0.2) is 13.1 Å². The summed E-state index contributed by atoms with van der Waals surface area (Å²) < 4.78 is 28.8. The number of sulfonamides is 1. The van der Waals surface area contributed by atoms with Gasteiger partial charge in [-0.05, 0) is 29.8 Å². The van der Waals surface area contributed by atoms with Crippen molar-refractivity contribution in [3.63, 3.8) is 0 Å². The van der Waals surface area contributed by atoms with Crippen LogP contribution in [0, 0.1) is 0 Å². The third-order valence-electron chi connectivity index (χ3n) is 3.97. The van der Waals surface area contributed by atoms with Crippen LogP contribution in [0.3, 0.4) is 0 Å². The lowest BCUT2D eigenvalue weighted by atomic mass is 10.2. The normalized spacial score (nSPS) is 11.2. The monoisotopic (exact) mass is 515 g/mol. The van der Waals surface area contributed by atoms with E-state index < -0.39 is 10.0 Å². The molecule has 0 amide bonds. The van der Waals surface area contributed by atoms with Crippen molar-refractivity contribution in [1.82, 2.24) is 15.0 Å². The van der Waals surface area contributed by atoms with Crippen LogP contribution in [0.1, 0.15) is 5.56 Å². The third kappa shape index (κ3) is 7.37. The van der Waals surface area contributed by atoms with Crippen LogP contribution in [0.5, 0.6) is 0 Å². The quantitative estimate of drug-likeness (QED) is 0.327. The van der Waals surface area contributed by atoms with Gasteiger partial charge in [0, 0.05) is 47.3 Å². The summed E-state index contributed by atoms with van der Waals surface area (Å²) in [6.07, 6.45) is 7.29. The highest BCUT2D eigenvalue weighted by Gasteiger charge is 2.16. The Hall–Kier alpha value is -1.48. The summed E-state index contributed by atoms with van der Waals surface area (Å²) in [5, 5.41) is 4.67. The molecule has 0 unspecified atom stereocenters. The van der Waals surface area contributed by atoms with E-state index >= 15 is 0 Å². The lowest BCUT2D eigenvalue weighted by molar-refractivity contribution is -0.001000. The number of hydrogen-bond donors (Lipinski definition) is 2. The maximum Gasteiger partial charge on any atom is 0.241 e. The Morgan fingerprint density at radius 2 is 1.76 bits per heavy atom. The maximum atomic E-state index is 12.6. The summed E-state index contributed by atoms with van der Waals surface area (Å²) in [4.78, 5) is 4.31. The number of nitrogens with zero attached hydrogens (tertiary/aromatic N) is 1. The van der Waals surface area contributed by atoms with Crippen LogP contribution in [-0.4, -0.2) is 33.0 Å². The first-order chi connectivity index (χ1) is 13.1. The van der Waals surface area contributed by atoms with Crippen molar-refractivity contribution in [3.05, 3.63) is 77.0 Å². The zero-order chi connectivity index (χ0) is 19.1. The Bertz CT molecular complexity index is 1040. The van der Waals surface area contributed by atoms with Crippen molar-refractivity contribution in [3.8, 4) is 0 Å². The molecule has 0 saturated heterocycles. The Morgan fingerprint density at radius 1 is 1.00 bits per heavy atom. The zero-order valence-corrected chi connectivity index (χ0v) is 19.3. The van der Waals surface area contributed by atoms with E-state index in [4.69, 9.17) is 0 Å². The predicted octanol–water partition coefficient (Wildman–Crippen LogP) is -2.41. The fourth-order valence-corrected chi connectivity index (χ4v) is 4.16. The van der Waals surface area contributed by atoms with E-state index in [9.17, 15) is 8.42 Å². The minimum atomic E-state index is -3.57. The number of hydrogen-bond acceptors (Lipinski definition) is 4. The molecular weight excluding hydrogens is 497 g/mol. The second-order valence-electron chi connectivity index (χ2n) is 5.91. The summed E-state index contributed by atoms with van der Waals surface area (Å²) in [6.45, 7) is 1.52. The molecule has 9 heteroatoms. The van der Waals surface area contributed by atoms with Gasteiger partial charge in [0.15, 0.2) is 0 Å². The van der Waals surface area contributed by atoms with Crippen LogP contribution in [0.2, 0.25) is 0 Å². The first-order valence-corrected chi connectivity index (χ1v) is 10.8. The topological polar surface area (TPSA) is 71.1 Å². The van der Waals surface area contributed by atoms with E-state index in [1.165, 1.54) is 0 Å². The van der Waals surface area contributed by atoms with Gasteiger partial charge < -0.3 is 30.1 Å². The number of rotatable bonds is 8. The number of benzene rings is 2. The Labute approximate surface area is 192 Å². The van der Waals surface area contributed by atoms with Crippen LogP contribution >= 0.6 is 15.9 Å². The largest absolute Gasteiger partial charge is 1.00 e. The minimum absolute atomic E-state index is 0. The Morgan fingerprint density at radius 3 is 2.52 bits per heavy atom. The first-order valence-electron chi connectivity index (χ1n) is 8.51. The van der Waals surface area contributed by atoms with E-state index in [0.29, 0.717) is 25.0 Å².